The third-order valence-corrected chi connectivity index (χ3v) is 3.09. The number of carbonyl (C=O) groups is 2. The van der Waals surface area contributed by atoms with Crippen molar-refractivity contribution in [3.63, 3.8) is 0 Å². The number of aliphatic carboxylic acids is 1. The molecular formula is C16H21FN2O4. The molecule has 2 aromatic rings. The molecule has 7 heteroatoms. The Balaban J connectivity index is 0.00000264. The second-order valence-corrected chi connectivity index (χ2v) is 6.10. The van der Waals surface area contributed by atoms with E-state index in [1.54, 1.807) is 27.0 Å². The van der Waals surface area contributed by atoms with Gasteiger partial charge in [0.25, 0.3) is 0 Å². The van der Waals surface area contributed by atoms with Gasteiger partial charge in [0.15, 0.2) is 0 Å². The predicted molar refractivity (Wildman–Crippen MR) is 85.3 cm³/mol. The summed E-state index contributed by atoms with van der Waals surface area (Å²) in [5, 5.41) is 12.7. The summed E-state index contributed by atoms with van der Waals surface area (Å²) in [6, 6.07) is 6.56. The lowest BCUT2D eigenvalue weighted by molar-refractivity contribution is -0.139. The topological polar surface area (TPSA) is 91.4 Å². The average molecular weight is 324 g/mol. The van der Waals surface area contributed by atoms with Crippen molar-refractivity contribution in [1.29, 1.82) is 0 Å². The molecule has 1 amide bonds. The van der Waals surface area contributed by atoms with Gasteiger partial charge in [-0.15, -0.1) is 0 Å². The second-order valence-electron chi connectivity index (χ2n) is 6.10. The summed E-state index contributed by atoms with van der Waals surface area (Å²) < 4.78 is 5.10. The van der Waals surface area contributed by atoms with Crippen molar-refractivity contribution in [3.05, 3.63) is 36.0 Å². The number of rotatable bonds is 4. The molecule has 6 nitrogen and oxygen atoms in total. The van der Waals surface area contributed by atoms with Gasteiger partial charge >= 0.3 is 12.1 Å². The van der Waals surface area contributed by atoms with E-state index in [0.29, 0.717) is 0 Å². The number of aromatic nitrogens is 1. The molecule has 0 aliphatic carbocycles. The standard InChI is InChI=1S/C16H20N2O4.FH/c1-16(2,3)22-15(21)18-13(14(19)20)8-10-9-17-12-7-5-4-6-11(10)12;/h4-7,9,13,17H,8H2,1-3H3,(H,18,21)(H,19,20);1H. The Morgan fingerprint density at radius 2 is 1.96 bits per heavy atom. The molecule has 1 aromatic carbocycles. The van der Waals surface area contributed by atoms with Crippen molar-refractivity contribution in [1.82, 2.24) is 10.3 Å². The molecule has 1 heterocycles. The van der Waals surface area contributed by atoms with E-state index < -0.39 is 23.7 Å². The molecule has 3 N–H and O–H groups in total. The Morgan fingerprint density at radius 3 is 2.57 bits per heavy atom. The average Bonchev–Trinajstić information content (AvgIpc) is 2.79. The summed E-state index contributed by atoms with van der Waals surface area (Å²) in [6.07, 6.45) is 1.20. The van der Waals surface area contributed by atoms with Crippen molar-refractivity contribution < 1.29 is 24.1 Å². The number of halogens is 1. The van der Waals surface area contributed by atoms with Crippen LogP contribution in [-0.4, -0.2) is 33.8 Å². The van der Waals surface area contributed by atoms with Crippen LogP contribution in [0.4, 0.5) is 9.50 Å². The number of nitrogens with one attached hydrogen (secondary N) is 2. The van der Waals surface area contributed by atoms with E-state index in [1.165, 1.54) is 0 Å². The van der Waals surface area contributed by atoms with E-state index in [4.69, 9.17) is 4.74 Å². The number of alkyl carbamates (subject to hydrolysis) is 1. The highest BCUT2D eigenvalue weighted by molar-refractivity contribution is 5.85. The zero-order valence-electron chi connectivity index (χ0n) is 13.3. The molecule has 0 spiro atoms. The summed E-state index contributed by atoms with van der Waals surface area (Å²) in [5.41, 5.74) is 1.09. The van der Waals surface area contributed by atoms with E-state index in [9.17, 15) is 14.7 Å². The quantitative estimate of drug-likeness (QED) is 0.806. The molecule has 126 valence electrons. The second kappa shape index (κ2) is 7.13. The number of para-hydroxylation sites is 1. The van der Waals surface area contributed by atoms with Crippen LogP contribution in [0.2, 0.25) is 0 Å². The van der Waals surface area contributed by atoms with Crippen LogP contribution in [0.15, 0.2) is 30.5 Å². The minimum atomic E-state index is -1.10. The molecule has 1 atom stereocenters. The summed E-state index contributed by atoms with van der Waals surface area (Å²) in [6.45, 7) is 5.17. The van der Waals surface area contributed by atoms with Gasteiger partial charge in [0.2, 0.25) is 0 Å². The van der Waals surface area contributed by atoms with Gasteiger partial charge in [-0.25, -0.2) is 9.59 Å². The van der Waals surface area contributed by atoms with E-state index in [2.05, 4.69) is 10.3 Å². The molecule has 0 radical (unpaired) electrons. The van der Waals surface area contributed by atoms with E-state index in [0.717, 1.165) is 16.5 Å². The van der Waals surface area contributed by atoms with Crippen LogP contribution < -0.4 is 5.32 Å². The minimum Gasteiger partial charge on any atom is -0.480 e. The predicted octanol–water partition coefficient (Wildman–Crippen LogP) is 2.84. The molecule has 0 aliphatic rings. The molecule has 0 saturated carbocycles. The fourth-order valence-electron chi connectivity index (χ4n) is 2.17. The first-order valence-corrected chi connectivity index (χ1v) is 7.03. The zero-order chi connectivity index (χ0) is 16.3. The number of carboxylic acids is 1. The Bertz CT molecular complexity index is 691. The number of carbonyl (C=O) groups excluding carboxylic acids is 1. The van der Waals surface area contributed by atoms with Crippen molar-refractivity contribution in [2.24, 2.45) is 0 Å². The number of benzene rings is 1. The summed E-state index contributed by atoms with van der Waals surface area (Å²) in [4.78, 5) is 26.2. The van der Waals surface area contributed by atoms with E-state index in [-0.39, 0.29) is 11.1 Å². The highest BCUT2D eigenvalue weighted by Gasteiger charge is 2.25. The molecule has 2 rings (SSSR count). The lowest BCUT2D eigenvalue weighted by Crippen LogP contribution is -2.44. The number of fused-ring (bicyclic) bond motifs is 1. The van der Waals surface area contributed by atoms with Crippen LogP contribution in [0.25, 0.3) is 10.9 Å². The van der Waals surface area contributed by atoms with Crippen LogP contribution >= 0.6 is 0 Å². The van der Waals surface area contributed by atoms with Crippen molar-refractivity contribution in [2.75, 3.05) is 0 Å². The molecule has 1 unspecified atom stereocenters. The third kappa shape index (κ3) is 4.98. The summed E-state index contributed by atoms with van der Waals surface area (Å²) in [5.74, 6) is -1.10. The van der Waals surface area contributed by atoms with Crippen LogP contribution in [-0.2, 0) is 16.0 Å². The Kier molecular flexibility index (Phi) is 5.73. The smallest absolute Gasteiger partial charge is 0.408 e. The van der Waals surface area contributed by atoms with Gasteiger partial charge in [-0.1, -0.05) is 18.2 Å². The molecule has 0 aliphatic heterocycles. The van der Waals surface area contributed by atoms with Gasteiger partial charge in [0.05, 0.1) is 0 Å². The molecular weight excluding hydrogens is 303 g/mol. The first-order valence-electron chi connectivity index (χ1n) is 7.03. The maximum atomic E-state index is 11.8. The monoisotopic (exact) mass is 324 g/mol. The zero-order valence-corrected chi connectivity index (χ0v) is 13.3. The highest BCUT2D eigenvalue weighted by atomic mass is 19.0. The van der Waals surface area contributed by atoms with Crippen LogP contribution in [0, 0.1) is 0 Å². The van der Waals surface area contributed by atoms with Gasteiger partial charge in [-0.05, 0) is 32.4 Å². The van der Waals surface area contributed by atoms with E-state index >= 15 is 0 Å². The van der Waals surface area contributed by atoms with Crippen LogP contribution in [0.3, 0.4) is 0 Å². The Labute approximate surface area is 133 Å². The van der Waals surface area contributed by atoms with Crippen LogP contribution in [0.5, 0.6) is 0 Å². The molecule has 1 aromatic heterocycles. The van der Waals surface area contributed by atoms with Gasteiger partial charge < -0.3 is 20.1 Å². The first kappa shape index (κ1) is 18.5. The number of aromatic amines is 1. The fourth-order valence-corrected chi connectivity index (χ4v) is 2.17. The highest BCUT2D eigenvalue weighted by Crippen LogP contribution is 2.19. The SMILES string of the molecule is CC(C)(C)OC(=O)NC(Cc1c[nH]c2ccccc12)C(=O)O.F. The molecule has 0 bridgehead atoms. The lowest BCUT2D eigenvalue weighted by atomic mass is 10.1. The van der Waals surface area contributed by atoms with Crippen molar-refractivity contribution >= 4 is 23.0 Å². The first-order chi connectivity index (χ1) is 10.3. The molecule has 0 fully saturated rings. The number of carboxylic acid groups (broad SMARTS) is 1. The number of hydrogen-bond acceptors (Lipinski definition) is 3. The van der Waals surface area contributed by atoms with Crippen molar-refractivity contribution in [3.8, 4) is 0 Å². The molecule has 0 saturated heterocycles. The Morgan fingerprint density at radius 1 is 1.30 bits per heavy atom. The fraction of sp³-hybridized carbons (Fsp3) is 0.375. The van der Waals surface area contributed by atoms with Crippen LogP contribution in [0.1, 0.15) is 26.3 Å². The van der Waals surface area contributed by atoms with Gasteiger partial charge in [-0.2, -0.15) is 0 Å². The minimum absolute atomic E-state index is 0. The van der Waals surface area contributed by atoms with Gasteiger partial charge in [-0.3, -0.25) is 4.70 Å². The number of hydrogen-bond donors (Lipinski definition) is 3. The van der Waals surface area contributed by atoms with Gasteiger partial charge in [0, 0.05) is 23.5 Å². The third-order valence-electron chi connectivity index (χ3n) is 3.09. The van der Waals surface area contributed by atoms with E-state index in [1.807, 2.05) is 24.3 Å². The lowest BCUT2D eigenvalue weighted by Gasteiger charge is -2.21. The maximum Gasteiger partial charge on any atom is 0.408 e. The van der Waals surface area contributed by atoms with Crippen molar-refractivity contribution in [2.45, 2.75) is 38.8 Å². The Hall–Kier alpha value is -2.57. The number of amides is 1. The number of ether oxygens (including phenoxy) is 1. The maximum absolute atomic E-state index is 11.8. The normalized spacial score (nSPS) is 12.3. The number of H-pyrrole nitrogens is 1. The largest absolute Gasteiger partial charge is 0.480 e. The molecule has 23 heavy (non-hydrogen) atoms. The summed E-state index contributed by atoms with van der Waals surface area (Å²) >= 11 is 0. The van der Waals surface area contributed by atoms with Gasteiger partial charge in [0.1, 0.15) is 11.6 Å². The summed E-state index contributed by atoms with van der Waals surface area (Å²) in [7, 11) is 0.